The Balaban J connectivity index is 1.51. The van der Waals surface area contributed by atoms with Gasteiger partial charge in [-0.1, -0.05) is 53.7 Å². The van der Waals surface area contributed by atoms with Gasteiger partial charge in [0.05, 0.1) is 12.2 Å². The molecule has 0 saturated carbocycles. The smallest absolute Gasteiger partial charge is 0.319 e. The van der Waals surface area contributed by atoms with Crippen molar-refractivity contribution in [2.24, 2.45) is 0 Å². The number of urea groups is 1. The van der Waals surface area contributed by atoms with Crippen LogP contribution in [0.25, 0.3) is 5.69 Å². The van der Waals surface area contributed by atoms with Crippen LogP contribution in [0.15, 0.2) is 82.4 Å². The predicted octanol–water partition coefficient (Wildman–Crippen LogP) is 6.09. The van der Waals surface area contributed by atoms with E-state index in [2.05, 4.69) is 36.8 Å². The minimum atomic E-state index is -0.346. The molecule has 0 spiro atoms. The Kier molecular flexibility index (Phi) is 7.41. The predicted molar refractivity (Wildman–Crippen MR) is 132 cm³/mol. The average Bonchev–Trinajstić information content (AvgIpc) is 3.22. The third-order valence-electron chi connectivity index (χ3n) is 4.80. The summed E-state index contributed by atoms with van der Waals surface area (Å²) in [7, 11) is 0. The van der Waals surface area contributed by atoms with E-state index in [1.54, 1.807) is 12.1 Å². The normalized spacial score (nSPS) is 10.8. The second-order valence-corrected chi connectivity index (χ2v) is 9.07. The van der Waals surface area contributed by atoms with Gasteiger partial charge in [-0.05, 0) is 64.8 Å². The summed E-state index contributed by atoms with van der Waals surface area (Å²) in [5, 5.41) is 15.0. The van der Waals surface area contributed by atoms with Crippen LogP contribution in [-0.4, -0.2) is 20.8 Å². The number of para-hydroxylation sites is 1. The summed E-state index contributed by atoms with van der Waals surface area (Å²) in [5.41, 5.74) is 3.69. The van der Waals surface area contributed by atoms with Crippen LogP contribution in [0.3, 0.4) is 0 Å². The molecule has 1 aromatic heterocycles. The van der Waals surface area contributed by atoms with E-state index in [1.165, 1.54) is 23.9 Å². The molecule has 0 aliphatic carbocycles. The first-order valence-corrected chi connectivity index (χ1v) is 12.0. The molecule has 33 heavy (non-hydrogen) atoms. The molecule has 0 aliphatic rings. The fourth-order valence-electron chi connectivity index (χ4n) is 3.08. The lowest BCUT2D eigenvalue weighted by molar-refractivity contribution is 0.251. The number of carbonyl (C=O) groups is 1. The largest absolute Gasteiger partial charge is 0.331 e. The quantitative estimate of drug-likeness (QED) is 0.286. The first-order chi connectivity index (χ1) is 16.0. The van der Waals surface area contributed by atoms with E-state index in [9.17, 15) is 9.18 Å². The molecule has 0 unspecified atom stereocenters. The monoisotopic (exact) mass is 525 g/mol. The standard InChI is InChI=1S/C24H21BrFN5OS/c1-16-6-12-19(13-7-16)31-22(14-27-23(32)28-21-5-3-2-4-20(21)25)29-30-24(31)33-15-17-8-10-18(26)11-9-17/h2-13H,14-15H2,1H3,(H2,27,28,32). The van der Waals surface area contributed by atoms with Crippen LogP contribution in [0.5, 0.6) is 0 Å². The fourth-order valence-corrected chi connectivity index (χ4v) is 4.39. The maximum absolute atomic E-state index is 13.2. The van der Waals surface area contributed by atoms with Crippen molar-refractivity contribution in [2.75, 3.05) is 5.32 Å². The van der Waals surface area contributed by atoms with Gasteiger partial charge in [0.1, 0.15) is 5.82 Å². The highest BCUT2D eigenvalue weighted by Gasteiger charge is 2.16. The lowest BCUT2D eigenvalue weighted by Gasteiger charge is -2.12. The van der Waals surface area contributed by atoms with E-state index in [-0.39, 0.29) is 18.4 Å². The summed E-state index contributed by atoms with van der Waals surface area (Å²) >= 11 is 4.92. The maximum Gasteiger partial charge on any atom is 0.319 e. The second-order valence-electron chi connectivity index (χ2n) is 7.27. The Morgan fingerprint density at radius 1 is 1.03 bits per heavy atom. The van der Waals surface area contributed by atoms with Crippen LogP contribution < -0.4 is 10.6 Å². The average molecular weight is 526 g/mol. The van der Waals surface area contributed by atoms with E-state index in [0.29, 0.717) is 22.4 Å². The van der Waals surface area contributed by atoms with E-state index < -0.39 is 0 Å². The SMILES string of the molecule is Cc1ccc(-n2c(CNC(=O)Nc3ccccc3Br)nnc2SCc2ccc(F)cc2)cc1. The molecule has 0 radical (unpaired) electrons. The summed E-state index contributed by atoms with van der Waals surface area (Å²) in [6.45, 7) is 2.21. The molecule has 0 saturated heterocycles. The van der Waals surface area contributed by atoms with Crippen LogP contribution in [0.4, 0.5) is 14.9 Å². The van der Waals surface area contributed by atoms with Crippen LogP contribution >= 0.6 is 27.7 Å². The first kappa shape index (κ1) is 23.0. The molecule has 0 fully saturated rings. The summed E-state index contributed by atoms with van der Waals surface area (Å²) in [4.78, 5) is 12.4. The number of amides is 2. The van der Waals surface area contributed by atoms with Gasteiger partial charge in [-0.25, -0.2) is 9.18 Å². The third kappa shape index (κ3) is 6.00. The van der Waals surface area contributed by atoms with Gasteiger partial charge in [-0.15, -0.1) is 10.2 Å². The highest BCUT2D eigenvalue weighted by Crippen LogP contribution is 2.26. The van der Waals surface area contributed by atoms with Crippen molar-refractivity contribution in [1.29, 1.82) is 0 Å². The number of hydrogen-bond donors (Lipinski definition) is 2. The summed E-state index contributed by atoms with van der Waals surface area (Å²) in [6, 6.07) is 21.4. The zero-order chi connectivity index (χ0) is 23.2. The van der Waals surface area contributed by atoms with Gasteiger partial charge in [-0.2, -0.15) is 0 Å². The number of benzene rings is 3. The molecule has 2 N–H and O–H groups in total. The summed E-state index contributed by atoms with van der Waals surface area (Å²) in [6.07, 6.45) is 0. The van der Waals surface area contributed by atoms with Crippen molar-refractivity contribution < 1.29 is 9.18 Å². The Morgan fingerprint density at radius 3 is 2.48 bits per heavy atom. The molecular weight excluding hydrogens is 505 g/mol. The molecule has 3 aromatic carbocycles. The molecule has 9 heteroatoms. The topological polar surface area (TPSA) is 71.8 Å². The number of rotatable bonds is 7. The van der Waals surface area contributed by atoms with Crippen LogP contribution in [0.1, 0.15) is 17.0 Å². The van der Waals surface area contributed by atoms with Gasteiger partial charge in [0.2, 0.25) is 0 Å². The van der Waals surface area contributed by atoms with E-state index >= 15 is 0 Å². The van der Waals surface area contributed by atoms with E-state index in [0.717, 1.165) is 21.3 Å². The van der Waals surface area contributed by atoms with Gasteiger partial charge in [0.25, 0.3) is 0 Å². The number of thioether (sulfide) groups is 1. The van der Waals surface area contributed by atoms with Gasteiger partial charge >= 0.3 is 6.03 Å². The second kappa shape index (κ2) is 10.6. The van der Waals surface area contributed by atoms with Gasteiger partial charge in [0, 0.05) is 15.9 Å². The maximum atomic E-state index is 13.2. The van der Waals surface area contributed by atoms with Crippen molar-refractivity contribution in [2.45, 2.75) is 24.4 Å². The minimum absolute atomic E-state index is 0.189. The third-order valence-corrected chi connectivity index (χ3v) is 6.49. The number of aromatic nitrogens is 3. The molecule has 0 atom stereocenters. The Bertz CT molecular complexity index is 1240. The molecule has 168 valence electrons. The molecule has 1 heterocycles. The lowest BCUT2D eigenvalue weighted by Crippen LogP contribution is -2.29. The lowest BCUT2D eigenvalue weighted by atomic mass is 10.2. The summed E-state index contributed by atoms with van der Waals surface area (Å²) in [5.74, 6) is 0.948. The Hall–Kier alpha value is -3.17. The fraction of sp³-hybridized carbons (Fsp3) is 0.125. The number of nitrogens with one attached hydrogen (secondary N) is 2. The number of halogens is 2. The molecule has 0 aliphatic heterocycles. The van der Waals surface area contributed by atoms with Crippen LogP contribution in [0, 0.1) is 12.7 Å². The van der Waals surface area contributed by atoms with Crippen LogP contribution in [-0.2, 0) is 12.3 Å². The van der Waals surface area contributed by atoms with Crippen molar-refractivity contribution >= 4 is 39.4 Å². The van der Waals surface area contributed by atoms with Crippen LogP contribution in [0.2, 0.25) is 0 Å². The molecule has 0 bridgehead atoms. The number of aryl methyl sites for hydroxylation is 1. The van der Waals surface area contributed by atoms with E-state index in [1.807, 2.05) is 60.0 Å². The van der Waals surface area contributed by atoms with Crippen molar-refractivity contribution in [3.8, 4) is 5.69 Å². The molecule has 4 rings (SSSR count). The molecule has 6 nitrogen and oxygen atoms in total. The molecule has 4 aromatic rings. The highest BCUT2D eigenvalue weighted by atomic mass is 79.9. The first-order valence-electron chi connectivity index (χ1n) is 10.2. The Labute approximate surface area is 203 Å². The number of hydrogen-bond acceptors (Lipinski definition) is 4. The molecular formula is C24H21BrFN5OS. The van der Waals surface area contributed by atoms with Crippen molar-refractivity contribution in [3.63, 3.8) is 0 Å². The van der Waals surface area contributed by atoms with E-state index in [4.69, 9.17) is 0 Å². The highest BCUT2D eigenvalue weighted by molar-refractivity contribution is 9.10. The molecule has 2 amide bonds. The number of nitrogens with zero attached hydrogens (tertiary/aromatic N) is 3. The van der Waals surface area contributed by atoms with Gasteiger partial charge < -0.3 is 10.6 Å². The zero-order valence-electron chi connectivity index (χ0n) is 17.8. The van der Waals surface area contributed by atoms with Gasteiger partial charge in [-0.3, -0.25) is 4.57 Å². The summed E-state index contributed by atoms with van der Waals surface area (Å²) < 4.78 is 15.9. The van der Waals surface area contributed by atoms with Gasteiger partial charge in [0.15, 0.2) is 11.0 Å². The number of carbonyl (C=O) groups excluding carboxylic acids is 1. The number of anilines is 1. The minimum Gasteiger partial charge on any atom is -0.331 e. The van der Waals surface area contributed by atoms with Crippen molar-refractivity contribution in [3.05, 3.63) is 100 Å². The zero-order valence-corrected chi connectivity index (χ0v) is 20.2. The Morgan fingerprint density at radius 2 is 1.76 bits per heavy atom. The van der Waals surface area contributed by atoms with Crippen molar-refractivity contribution in [1.82, 2.24) is 20.1 Å².